The summed E-state index contributed by atoms with van der Waals surface area (Å²) in [5, 5.41) is 12.7. The van der Waals surface area contributed by atoms with E-state index in [0.29, 0.717) is 23.9 Å². The van der Waals surface area contributed by atoms with Crippen molar-refractivity contribution in [1.82, 2.24) is 20.1 Å². The number of carbonyl (C=O) groups is 1. The molecule has 1 aliphatic carbocycles. The monoisotopic (exact) mass is 348 g/mol. The summed E-state index contributed by atoms with van der Waals surface area (Å²) in [5.74, 6) is 1.61. The molecular weight excluding hydrogens is 324 g/mol. The van der Waals surface area contributed by atoms with Crippen LogP contribution in [0.5, 0.6) is 0 Å². The smallest absolute Gasteiger partial charge is 0.254 e. The van der Waals surface area contributed by atoms with E-state index in [1.54, 1.807) is 24.8 Å². The van der Waals surface area contributed by atoms with Crippen LogP contribution in [0.15, 0.2) is 21.9 Å². The minimum atomic E-state index is -0.0803. The molecule has 0 radical (unpaired) electrons. The largest absolute Gasteiger partial charge is 0.469 e. The quantitative estimate of drug-likeness (QED) is 0.613. The summed E-state index contributed by atoms with van der Waals surface area (Å²) in [5.41, 5.74) is 0.605. The van der Waals surface area contributed by atoms with Crippen LogP contribution >= 0.6 is 11.8 Å². The number of aryl methyl sites for hydroxylation is 2. The molecule has 0 unspecified atom stereocenters. The van der Waals surface area contributed by atoms with Gasteiger partial charge < -0.3 is 14.3 Å². The molecule has 130 valence electrons. The van der Waals surface area contributed by atoms with Crippen molar-refractivity contribution in [2.45, 2.75) is 56.6 Å². The lowest BCUT2D eigenvalue weighted by atomic mass is 10.2. The van der Waals surface area contributed by atoms with Gasteiger partial charge in [-0.05, 0) is 38.5 Å². The van der Waals surface area contributed by atoms with Crippen LogP contribution in [0, 0.1) is 6.92 Å². The molecule has 6 nitrogen and oxygen atoms in total. The van der Waals surface area contributed by atoms with Gasteiger partial charge in [0, 0.05) is 19.0 Å². The molecule has 1 amide bonds. The topological polar surface area (TPSA) is 73.0 Å². The van der Waals surface area contributed by atoms with Crippen molar-refractivity contribution < 1.29 is 9.21 Å². The van der Waals surface area contributed by atoms with E-state index in [9.17, 15) is 4.79 Å². The fraction of sp³-hybridized carbons (Fsp3) is 0.588. The Balaban J connectivity index is 1.54. The molecule has 2 aromatic heterocycles. The van der Waals surface area contributed by atoms with Gasteiger partial charge in [0.1, 0.15) is 11.6 Å². The first-order chi connectivity index (χ1) is 11.7. The van der Waals surface area contributed by atoms with Crippen LogP contribution in [0.3, 0.4) is 0 Å². The van der Waals surface area contributed by atoms with Gasteiger partial charge in [-0.3, -0.25) is 4.79 Å². The van der Waals surface area contributed by atoms with Crippen molar-refractivity contribution in [3.05, 3.63) is 29.5 Å². The molecule has 0 spiro atoms. The molecule has 7 heteroatoms. The highest BCUT2D eigenvalue weighted by Gasteiger charge is 2.23. The first kappa shape index (κ1) is 17.1. The summed E-state index contributed by atoms with van der Waals surface area (Å²) in [4.78, 5) is 12.1. The summed E-state index contributed by atoms with van der Waals surface area (Å²) < 4.78 is 7.48. The van der Waals surface area contributed by atoms with Gasteiger partial charge in [-0.25, -0.2) is 0 Å². The summed E-state index contributed by atoms with van der Waals surface area (Å²) in [6.07, 6.45) is 10.3. The normalized spacial score (nSPS) is 15.1. The van der Waals surface area contributed by atoms with Gasteiger partial charge in [-0.2, -0.15) is 0 Å². The number of hydrogen-bond acceptors (Lipinski definition) is 5. The van der Waals surface area contributed by atoms with Crippen molar-refractivity contribution in [3.63, 3.8) is 0 Å². The van der Waals surface area contributed by atoms with E-state index in [4.69, 9.17) is 4.42 Å². The van der Waals surface area contributed by atoms with Crippen LogP contribution in [0.4, 0.5) is 0 Å². The van der Waals surface area contributed by atoms with Crippen molar-refractivity contribution in [1.29, 1.82) is 0 Å². The first-order valence-corrected chi connectivity index (χ1v) is 9.73. The third kappa shape index (κ3) is 3.66. The van der Waals surface area contributed by atoms with Gasteiger partial charge in [0.25, 0.3) is 5.91 Å². The highest BCUT2D eigenvalue weighted by Crippen LogP contribution is 2.33. The Morgan fingerprint density at radius 1 is 1.42 bits per heavy atom. The number of hydrogen-bond donors (Lipinski definition) is 1. The van der Waals surface area contributed by atoms with E-state index < -0.39 is 0 Å². The van der Waals surface area contributed by atoms with Crippen LogP contribution in [0.1, 0.15) is 60.1 Å². The fourth-order valence-electron chi connectivity index (χ4n) is 3.31. The lowest BCUT2D eigenvalue weighted by molar-refractivity contribution is 0.0951. The molecule has 1 aliphatic rings. The van der Waals surface area contributed by atoms with E-state index in [1.807, 2.05) is 6.26 Å². The number of nitrogens with one attached hydrogen (secondary N) is 1. The standard InChI is InChI=1S/C17H24N4O2S/c1-12-14(9-11-23-12)16(22)18-10-5-8-15-19-20-17(24-2)21(15)13-6-3-4-7-13/h9,11,13H,3-8,10H2,1-2H3,(H,18,22). The highest BCUT2D eigenvalue weighted by molar-refractivity contribution is 7.98. The third-order valence-electron chi connectivity index (χ3n) is 4.57. The number of aromatic nitrogens is 3. The van der Waals surface area contributed by atoms with Gasteiger partial charge in [0.05, 0.1) is 11.8 Å². The summed E-state index contributed by atoms with van der Waals surface area (Å²) >= 11 is 1.66. The summed E-state index contributed by atoms with van der Waals surface area (Å²) in [6.45, 7) is 2.42. The Morgan fingerprint density at radius 3 is 2.88 bits per heavy atom. The zero-order chi connectivity index (χ0) is 16.9. The molecule has 2 aromatic rings. The van der Waals surface area contributed by atoms with Gasteiger partial charge in [-0.15, -0.1) is 10.2 Å². The Hall–Kier alpha value is -1.76. The van der Waals surface area contributed by atoms with Gasteiger partial charge in [-0.1, -0.05) is 24.6 Å². The van der Waals surface area contributed by atoms with E-state index in [-0.39, 0.29) is 5.91 Å². The minimum absolute atomic E-state index is 0.0803. The summed E-state index contributed by atoms with van der Waals surface area (Å²) in [7, 11) is 0. The van der Waals surface area contributed by atoms with E-state index in [1.165, 1.54) is 31.9 Å². The average molecular weight is 348 g/mol. The number of rotatable bonds is 7. The van der Waals surface area contributed by atoms with E-state index in [0.717, 1.165) is 23.8 Å². The Morgan fingerprint density at radius 2 is 2.21 bits per heavy atom. The number of carbonyl (C=O) groups excluding carboxylic acids is 1. The summed E-state index contributed by atoms with van der Waals surface area (Å²) in [6, 6.07) is 2.24. The maximum Gasteiger partial charge on any atom is 0.254 e. The third-order valence-corrected chi connectivity index (χ3v) is 5.22. The van der Waals surface area contributed by atoms with Gasteiger partial charge in [0.2, 0.25) is 0 Å². The van der Waals surface area contributed by atoms with E-state index >= 15 is 0 Å². The van der Waals surface area contributed by atoms with E-state index in [2.05, 4.69) is 20.1 Å². The molecule has 0 saturated heterocycles. The van der Waals surface area contributed by atoms with Crippen molar-refractivity contribution in [3.8, 4) is 0 Å². The number of nitrogens with zero attached hydrogens (tertiary/aromatic N) is 3. The number of thioether (sulfide) groups is 1. The lowest BCUT2D eigenvalue weighted by Crippen LogP contribution is -2.25. The second-order valence-electron chi connectivity index (χ2n) is 6.16. The molecule has 0 aliphatic heterocycles. The molecule has 1 N–H and O–H groups in total. The zero-order valence-corrected chi connectivity index (χ0v) is 15.1. The van der Waals surface area contributed by atoms with Crippen LogP contribution in [-0.2, 0) is 6.42 Å². The average Bonchev–Trinajstić information content (AvgIpc) is 3.31. The van der Waals surface area contributed by atoms with Crippen molar-refractivity contribution >= 4 is 17.7 Å². The predicted octanol–water partition coefficient (Wildman–Crippen LogP) is 3.38. The highest BCUT2D eigenvalue weighted by atomic mass is 32.2. The van der Waals surface area contributed by atoms with Crippen LogP contribution < -0.4 is 5.32 Å². The molecule has 0 aromatic carbocycles. The first-order valence-electron chi connectivity index (χ1n) is 8.50. The maximum absolute atomic E-state index is 12.1. The van der Waals surface area contributed by atoms with Crippen molar-refractivity contribution in [2.75, 3.05) is 12.8 Å². The van der Waals surface area contributed by atoms with Crippen LogP contribution in [0.25, 0.3) is 0 Å². The molecule has 1 saturated carbocycles. The molecule has 3 rings (SSSR count). The van der Waals surface area contributed by atoms with Gasteiger partial charge in [0.15, 0.2) is 5.16 Å². The minimum Gasteiger partial charge on any atom is -0.469 e. The SMILES string of the molecule is CSc1nnc(CCCNC(=O)c2ccoc2C)n1C1CCCC1. The lowest BCUT2D eigenvalue weighted by Gasteiger charge is -2.16. The Kier molecular flexibility index (Phi) is 5.60. The fourth-order valence-corrected chi connectivity index (χ4v) is 3.88. The second-order valence-corrected chi connectivity index (χ2v) is 6.93. The molecule has 24 heavy (non-hydrogen) atoms. The van der Waals surface area contributed by atoms with Crippen molar-refractivity contribution in [2.24, 2.45) is 0 Å². The second kappa shape index (κ2) is 7.88. The maximum atomic E-state index is 12.1. The van der Waals surface area contributed by atoms with Gasteiger partial charge >= 0.3 is 0 Å². The molecule has 2 heterocycles. The Labute approximate surface area is 146 Å². The Bertz CT molecular complexity index is 689. The predicted molar refractivity (Wildman–Crippen MR) is 93.4 cm³/mol. The number of furan rings is 1. The van der Waals surface area contributed by atoms with Crippen LogP contribution in [-0.4, -0.2) is 33.5 Å². The molecule has 1 fully saturated rings. The molecule has 0 atom stereocenters. The molecular formula is C17H24N4O2S. The number of amides is 1. The molecule has 0 bridgehead atoms. The van der Waals surface area contributed by atoms with Crippen LogP contribution in [0.2, 0.25) is 0 Å². The zero-order valence-electron chi connectivity index (χ0n) is 14.2.